The van der Waals surface area contributed by atoms with Crippen molar-refractivity contribution >= 4 is 11.6 Å². The number of likely N-dealkylation sites (N-methyl/N-ethyl adjacent to an activating group) is 2. The molecule has 2 rings (SSSR count). The van der Waals surface area contributed by atoms with Crippen LogP contribution in [-0.2, 0) is 0 Å². The summed E-state index contributed by atoms with van der Waals surface area (Å²) in [6.07, 6.45) is 4.23. The number of ketones is 1. The molecule has 1 saturated heterocycles. The molecule has 0 aliphatic carbocycles. The third-order valence-electron chi connectivity index (χ3n) is 3.68. The molecular weight excluding hydrogens is 226 g/mol. The Hall–Kier alpha value is -1.42. The summed E-state index contributed by atoms with van der Waals surface area (Å²) < 4.78 is 0. The molecule has 0 bridgehead atoms. The van der Waals surface area contributed by atoms with Gasteiger partial charge in [0.2, 0.25) is 0 Å². The molecule has 0 aromatic carbocycles. The third kappa shape index (κ3) is 2.70. The number of anilines is 1. The Kier molecular flexibility index (Phi) is 3.97. The molecule has 4 heteroatoms. The predicted octanol–water partition coefficient (Wildman–Crippen LogP) is 1.81. The van der Waals surface area contributed by atoms with Gasteiger partial charge in [-0.05, 0) is 45.5 Å². The second kappa shape index (κ2) is 5.48. The SMILES string of the molecule is CC(=O)c1cccnc1N(C)CC1CCCN1C. The zero-order valence-electron chi connectivity index (χ0n) is 11.4. The number of carbonyl (C=O) groups is 1. The molecule has 1 aliphatic rings. The smallest absolute Gasteiger partial charge is 0.163 e. The average molecular weight is 247 g/mol. The van der Waals surface area contributed by atoms with Crippen molar-refractivity contribution in [2.75, 3.05) is 32.1 Å². The first-order valence-corrected chi connectivity index (χ1v) is 6.47. The second-order valence-electron chi connectivity index (χ2n) is 5.09. The number of hydrogen-bond acceptors (Lipinski definition) is 4. The van der Waals surface area contributed by atoms with Crippen LogP contribution in [0, 0.1) is 0 Å². The minimum atomic E-state index is 0.0738. The van der Waals surface area contributed by atoms with Crippen LogP contribution < -0.4 is 4.90 Å². The Morgan fingerprint density at radius 1 is 1.61 bits per heavy atom. The molecule has 4 nitrogen and oxygen atoms in total. The van der Waals surface area contributed by atoms with E-state index in [2.05, 4.69) is 21.8 Å². The van der Waals surface area contributed by atoms with Crippen LogP contribution in [0.5, 0.6) is 0 Å². The van der Waals surface area contributed by atoms with Gasteiger partial charge in [-0.15, -0.1) is 0 Å². The predicted molar refractivity (Wildman–Crippen MR) is 73.2 cm³/mol. The summed E-state index contributed by atoms with van der Waals surface area (Å²) in [7, 11) is 4.18. The van der Waals surface area contributed by atoms with Crippen LogP contribution in [0.1, 0.15) is 30.1 Å². The van der Waals surface area contributed by atoms with Gasteiger partial charge in [-0.25, -0.2) is 4.98 Å². The average Bonchev–Trinajstić information content (AvgIpc) is 2.75. The van der Waals surface area contributed by atoms with E-state index in [1.807, 2.05) is 19.2 Å². The second-order valence-corrected chi connectivity index (χ2v) is 5.09. The minimum absolute atomic E-state index is 0.0738. The monoisotopic (exact) mass is 247 g/mol. The molecule has 98 valence electrons. The number of rotatable bonds is 4. The first-order chi connectivity index (χ1) is 8.59. The summed E-state index contributed by atoms with van der Waals surface area (Å²) >= 11 is 0. The number of carbonyl (C=O) groups excluding carboxylic acids is 1. The van der Waals surface area contributed by atoms with Crippen LogP contribution in [0.2, 0.25) is 0 Å². The molecule has 1 aromatic heterocycles. The van der Waals surface area contributed by atoms with Crippen molar-refractivity contribution < 1.29 is 4.79 Å². The highest BCUT2D eigenvalue weighted by Gasteiger charge is 2.23. The van der Waals surface area contributed by atoms with Crippen LogP contribution >= 0.6 is 0 Å². The Labute approximate surface area is 109 Å². The minimum Gasteiger partial charge on any atom is -0.358 e. The van der Waals surface area contributed by atoms with Gasteiger partial charge in [0.1, 0.15) is 5.82 Å². The van der Waals surface area contributed by atoms with Crippen LogP contribution in [0.25, 0.3) is 0 Å². The van der Waals surface area contributed by atoms with Crippen molar-refractivity contribution in [2.24, 2.45) is 0 Å². The molecule has 1 atom stereocenters. The molecule has 1 aliphatic heterocycles. The molecule has 0 saturated carbocycles. The Morgan fingerprint density at radius 2 is 2.39 bits per heavy atom. The molecule has 18 heavy (non-hydrogen) atoms. The van der Waals surface area contributed by atoms with E-state index in [1.165, 1.54) is 19.4 Å². The number of pyridine rings is 1. The van der Waals surface area contributed by atoms with Crippen molar-refractivity contribution in [3.8, 4) is 0 Å². The molecule has 0 amide bonds. The number of aromatic nitrogens is 1. The van der Waals surface area contributed by atoms with Gasteiger partial charge >= 0.3 is 0 Å². The fourth-order valence-electron chi connectivity index (χ4n) is 2.59. The number of Topliss-reactive ketones (excluding diaryl/α,β-unsaturated/α-hetero) is 1. The maximum absolute atomic E-state index is 11.6. The lowest BCUT2D eigenvalue weighted by Crippen LogP contribution is -2.37. The first-order valence-electron chi connectivity index (χ1n) is 6.47. The van der Waals surface area contributed by atoms with Gasteiger partial charge in [0, 0.05) is 25.8 Å². The summed E-state index contributed by atoms with van der Waals surface area (Å²) in [5.74, 6) is 0.870. The van der Waals surface area contributed by atoms with Crippen molar-refractivity contribution in [2.45, 2.75) is 25.8 Å². The maximum atomic E-state index is 11.6. The van der Waals surface area contributed by atoms with Gasteiger partial charge in [-0.2, -0.15) is 0 Å². The van der Waals surface area contributed by atoms with Crippen molar-refractivity contribution in [1.29, 1.82) is 0 Å². The van der Waals surface area contributed by atoms with Gasteiger partial charge in [-0.1, -0.05) is 0 Å². The molecule has 1 fully saturated rings. The highest BCUT2D eigenvalue weighted by atomic mass is 16.1. The van der Waals surface area contributed by atoms with Crippen molar-refractivity contribution in [3.63, 3.8) is 0 Å². The normalized spacial score (nSPS) is 20.1. The molecule has 0 radical (unpaired) electrons. The Balaban J connectivity index is 2.13. The zero-order chi connectivity index (χ0) is 13.1. The number of hydrogen-bond donors (Lipinski definition) is 0. The number of likely N-dealkylation sites (tertiary alicyclic amines) is 1. The summed E-state index contributed by atoms with van der Waals surface area (Å²) in [6.45, 7) is 3.68. The lowest BCUT2D eigenvalue weighted by atomic mass is 10.1. The first kappa shape index (κ1) is 13.0. The van der Waals surface area contributed by atoms with E-state index in [0.29, 0.717) is 11.6 Å². The van der Waals surface area contributed by atoms with Crippen LogP contribution in [0.3, 0.4) is 0 Å². The van der Waals surface area contributed by atoms with Crippen LogP contribution in [0.15, 0.2) is 18.3 Å². The van der Waals surface area contributed by atoms with Gasteiger partial charge < -0.3 is 9.80 Å². The van der Waals surface area contributed by atoms with Gasteiger partial charge in [-0.3, -0.25) is 4.79 Å². The fraction of sp³-hybridized carbons (Fsp3) is 0.571. The summed E-state index contributed by atoms with van der Waals surface area (Å²) in [6, 6.07) is 4.23. The van der Waals surface area contributed by atoms with Crippen LogP contribution in [0.4, 0.5) is 5.82 Å². The van der Waals surface area contributed by atoms with E-state index >= 15 is 0 Å². The summed E-state index contributed by atoms with van der Waals surface area (Å²) in [5.41, 5.74) is 0.709. The largest absolute Gasteiger partial charge is 0.358 e. The van der Waals surface area contributed by atoms with E-state index in [9.17, 15) is 4.79 Å². The fourth-order valence-corrected chi connectivity index (χ4v) is 2.59. The Bertz CT molecular complexity index is 433. The molecule has 2 heterocycles. The van der Waals surface area contributed by atoms with E-state index in [0.717, 1.165) is 12.4 Å². The Morgan fingerprint density at radius 3 is 3.00 bits per heavy atom. The lowest BCUT2D eigenvalue weighted by molar-refractivity contribution is 0.101. The molecule has 1 aromatic rings. The van der Waals surface area contributed by atoms with Crippen LogP contribution in [-0.4, -0.2) is 48.9 Å². The lowest BCUT2D eigenvalue weighted by Gasteiger charge is -2.27. The van der Waals surface area contributed by atoms with Gasteiger partial charge in [0.05, 0.1) is 5.56 Å². The zero-order valence-corrected chi connectivity index (χ0v) is 11.4. The quantitative estimate of drug-likeness (QED) is 0.760. The van der Waals surface area contributed by atoms with Crippen molar-refractivity contribution in [3.05, 3.63) is 23.9 Å². The molecular formula is C14H21N3O. The third-order valence-corrected chi connectivity index (χ3v) is 3.68. The van der Waals surface area contributed by atoms with Gasteiger partial charge in [0.15, 0.2) is 5.78 Å². The standard InChI is InChI=1S/C14H21N3O/c1-11(18)13-7-4-8-15-14(13)17(3)10-12-6-5-9-16(12)2/h4,7-8,12H,5-6,9-10H2,1-3H3. The van der Waals surface area contributed by atoms with Gasteiger partial charge in [0.25, 0.3) is 0 Å². The number of nitrogens with zero attached hydrogens (tertiary/aromatic N) is 3. The molecule has 0 N–H and O–H groups in total. The molecule has 0 spiro atoms. The van der Waals surface area contributed by atoms with E-state index in [-0.39, 0.29) is 5.78 Å². The topological polar surface area (TPSA) is 36.4 Å². The summed E-state index contributed by atoms with van der Waals surface area (Å²) in [5, 5.41) is 0. The summed E-state index contributed by atoms with van der Waals surface area (Å²) in [4.78, 5) is 20.4. The van der Waals surface area contributed by atoms with E-state index in [1.54, 1.807) is 13.1 Å². The van der Waals surface area contributed by atoms with E-state index < -0.39 is 0 Å². The maximum Gasteiger partial charge on any atom is 0.163 e. The highest BCUT2D eigenvalue weighted by Crippen LogP contribution is 2.20. The van der Waals surface area contributed by atoms with E-state index in [4.69, 9.17) is 0 Å². The molecule has 1 unspecified atom stereocenters. The van der Waals surface area contributed by atoms with Crippen molar-refractivity contribution in [1.82, 2.24) is 9.88 Å². The highest BCUT2D eigenvalue weighted by molar-refractivity contribution is 5.98.